The van der Waals surface area contributed by atoms with Crippen LogP contribution in [0.5, 0.6) is 0 Å². The number of hydrogen-bond acceptors (Lipinski definition) is 3. The molecule has 1 rings (SSSR count). The molecule has 0 aliphatic heterocycles. The van der Waals surface area contributed by atoms with Gasteiger partial charge in [0.15, 0.2) is 11.6 Å². The fourth-order valence-electron chi connectivity index (χ4n) is 1.56. The summed E-state index contributed by atoms with van der Waals surface area (Å²) < 4.78 is 31.2. The van der Waals surface area contributed by atoms with Gasteiger partial charge in [-0.05, 0) is 20.0 Å². The van der Waals surface area contributed by atoms with Crippen LogP contribution in [0.15, 0.2) is 18.2 Å². The Bertz CT molecular complexity index is 410. The maximum absolute atomic E-state index is 13.4. The number of carbonyl (C=O) groups excluding carboxylic acids is 1. The third kappa shape index (κ3) is 4.41. The van der Waals surface area contributed by atoms with E-state index in [4.69, 9.17) is 4.74 Å². The second-order valence-electron chi connectivity index (χ2n) is 4.01. The minimum Gasteiger partial charge on any atom is -0.466 e. The average Bonchev–Trinajstić information content (AvgIpc) is 2.33. The van der Waals surface area contributed by atoms with Gasteiger partial charge in [0.1, 0.15) is 0 Å². The Labute approximate surface area is 105 Å². The zero-order valence-electron chi connectivity index (χ0n) is 10.6. The van der Waals surface area contributed by atoms with Gasteiger partial charge in [-0.3, -0.25) is 4.79 Å². The fraction of sp³-hybridized carbons (Fsp3) is 0.462. The number of hydrogen-bond donors (Lipinski definition) is 0. The molecular formula is C13H17F2NO2. The molecule has 0 spiro atoms. The van der Waals surface area contributed by atoms with Gasteiger partial charge in [-0.25, -0.2) is 8.78 Å². The molecule has 0 aliphatic carbocycles. The lowest BCUT2D eigenvalue weighted by molar-refractivity contribution is -0.143. The number of rotatable bonds is 6. The lowest BCUT2D eigenvalue weighted by atomic mass is 10.2. The molecule has 18 heavy (non-hydrogen) atoms. The first-order valence-electron chi connectivity index (χ1n) is 5.81. The molecule has 1 aromatic rings. The molecule has 0 atom stereocenters. The van der Waals surface area contributed by atoms with E-state index in [0.29, 0.717) is 13.2 Å². The highest BCUT2D eigenvalue weighted by molar-refractivity contribution is 5.69. The Morgan fingerprint density at radius 2 is 2.11 bits per heavy atom. The summed E-state index contributed by atoms with van der Waals surface area (Å²) in [6, 6.07) is 4.07. The van der Waals surface area contributed by atoms with Crippen LogP contribution in [-0.4, -0.2) is 31.1 Å². The lowest BCUT2D eigenvalue weighted by Gasteiger charge is -2.16. The van der Waals surface area contributed by atoms with E-state index in [1.165, 1.54) is 12.1 Å². The molecule has 1 aromatic carbocycles. The van der Waals surface area contributed by atoms with Crippen LogP contribution in [0.1, 0.15) is 18.9 Å². The van der Waals surface area contributed by atoms with E-state index in [1.807, 2.05) is 0 Å². The summed E-state index contributed by atoms with van der Waals surface area (Å²) in [6.07, 6.45) is 0.237. The van der Waals surface area contributed by atoms with Gasteiger partial charge >= 0.3 is 5.97 Å². The average molecular weight is 257 g/mol. The van der Waals surface area contributed by atoms with Crippen molar-refractivity contribution < 1.29 is 18.3 Å². The molecule has 0 fully saturated rings. The minimum atomic E-state index is -0.855. The molecule has 0 amide bonds. The highest BCUT2D eigenvalue weighted by Gasteiger charge is 2.11. The standard InChI is InChI=1S/C13H17F2NO2/c1-3-18-12(17)7-8-16(2)9-10-5-4-6-11(14)13(10)15/h4-6H,3,7-9H2,1-2H3. The maximum atomic E-state index is 13.4. The number of ether oxygens (including phenoxy) is 1. The Kier molecular flexibility index (Phi) is 5.71. The molecular weight excluding hydrogens is 240 g/mol. The van der Waals surface area contributed by atoms with E-state index in [2.05, 4.69) is 0 Å². The molecule has 0 bridgehead atoms. The number of nitrogens with zero attached hydrogens (tertiary/aromatic N) is 1. The third-order valence-electron chi connectivity index (χ3n) is 2.47. The van der Waals surface area contributed by atoms with Gasteiger partial charge in [0, 0.05) is 18.7 Å². The molecule has 100 valence electrons. The largest absolute Gasteiger partial charge is 0.466 e. The first-order chi connectivity index (χ1) is 8.54. The zero-order valence-corrected chi connectivity index (χ0v) is 10.6. The van der Waals surface area contributed by atoms with Crippen LogP contribution >= 0.6 is 0 Å². The van der Waals surface area contributed by atoms with Gasteiger partial charge in [-0.2, -0.15) is 0 Å². The maximum Gasteiger partial charge on any atom is 0.307 e. The summed E-state index contributed by atoms with van der Waals surface area (Å²) in [5.41, 5.74) is 0.279. The number of halogens is 2. The van der Waals surface area contributed by atoms with Crippen LogP contribution in [0, 0.1) is 11.6 Å². The van der Waals surface area contributed by atoms with Gasteiger partial charge in [0.2, 0.25) is 0 Å². The van der Waals surface area contributed by atoms with E-state index in [-0.39, 0.29) is 24.5 Å². The van der Waals surface area contributed by atoms with Crippen molar-refractivity contribution in [1.29, 1.82) is 0 Å². The molecule has 0 aromatic heterocycles. The summed E-state index contributed by atoms with van der Waals surface area (Å²) >= 11 is 0. The van der Waals surface area contributed by atoms with Crippen molar-refractivity contribution in [2.24, 2.45) is 0 Å². The smallest absolute Gasteiger partial charge is 0.307 e. The van der Waals surface area contributed by atoms with Gasteiger partial charge in [-0.15, -0.1) is 0 Å². The molecule has 0 unspecified atom stereocenters. The minimum absolute atomic E-state index is 0.237. The summed E-state index contributed by atoms with van der Waals surface area (Å²) in [5, 5.41) is 0. The van der Waals surface area contributed by atoms with Crippen LogP contribution in [0.2, 0.25) is 0 Å². The Hall–Kier alpha value is -1.49. The second kappa shape index (κ2) is 7.06. The summed E-state index contributed by atoms with van der Waals surface area (Å²) in [5.74, 6) is -1.98. The second-order valence-corrected chi connectivity index (χ2v) is 4.01. The molecule has 0 aliphatic rings. The first-order valence-corrected chi connectivity index (χ1v) is 5.81. The summed E-state index contributed by atoms with van der Waals surface area (Å²) in [4.78, 5) is 12.9. The van der Waals surface area contributed by atoms with Gasteiger partial charge in [-0.1, -0.05) is 12.1 Å². The Morgan fingerprint density at radius 1 is 1.39 bits per heavy atom. The normalized spacial score (nSPS) is 10.7. The van der Waals surface area contributed by atoms with Crippen LogP contribution in [-0.2, 0) is 16.1 Å². The van der Waals surface area contributed by atoms with Crippen molar-refractivity contribution in [2.45, 2.75) is 19.9 Å². The quantitative estimate of drug-likeness (QED) is 0.733. The number of esters is 1. The number of carbonyl (C=O) groups is 1. The Balaban J connectivity index is 2.47. The van der Waals surface area contributed by atoms with Gasteiger partial charge in [0.05, 0.1) is 13.0 Å². The number of benzene rings is 1. The topological polar surface area (TPSA) is 29.5 Å². The van der Waals surface area contributed by atoms with E-state index in [9.17, 15) is 13.6 Å². The van der Waals surface area contributed by atoms with Gasteiger partial charge in [0.25, 0.3) is 0 Å². The molecule has 0 saturated heterocycles. The molecule has 0 radical (unpaired) electrons. The van der Waals surface area contributed by atoms with Crippen molar-refractivity contribution in [2.75, 3.05) is 20.2 Å². The Morgan fingerprint density at radius 3 is 2.78 bits per heavy atom. The lowest BCUT2D eigenvalue weighted by Crippen LogP contribution is -2.23. The van der Waals surface area contributed by atoms with Crippen LogP contribution in [0.3, 0.4) is 0 Å². The molecule has 0 N–H and O–H groups in total. The third-order valence-corrected chi connectivity index (χ3v) is 2.47. The predicted molar refractivity (Wildman–Crippen MR) is 63.9 cm³/mol. The van der Waals surface area contributed by atoms with E-state index in [0.717, 1.165) is 6.07 Å². The SMILES string of the molecule is CCOC(=O)CCN(C)Cc1cccc(F)c1F. The zero-order chi connectivity index (χ0) is 13.5. The molecule has 0 heterocycles. The van der Waals surface area contributed by atoms with Crippen molar-refractivity contribution in [3.05, 3.63) is 35.4 Å². The van der Waals surface area contributed by atoms with Crippen molar-refractivity contribution in [3.63, 3.8) is 0 Å². The highest BCUT2D eigenvalue weighted by Crippen LogP contribution is 2.13. The van der Waals surface area contributed by atoms with Crippen molar-refractivity contribution in [3.8, 4) is 0 Å². The van der Waals surface area contributed by atoms with Crippen molar-refractivity contribution >= 4 is 5.97 Å². The first kappa shape index (κ1) is 14.6. The molecule has 0 saturated carbocycles. The van der Waals surface area contributed by atoms with Crippen LogP contribution < -0.4 is 0 Å². The van der Waals surface area contributed by atoms with Crippen molar-refractivity contribution in [1.82, 2.24) is 4.90 Å². The van der Waals surface area contributed by atoms with E-state index >= 15 is 0 Å². The van der Waals surface area contributed by atoms with E-state index in [1.54, 1.807) is 18.9 Å². The highest BCUT2D eigenvalue weighted by atomic mass is 19.2. The summed E-state index contributed by atoms with van der Waals surface area (Å²) in [7, 11) is 1.74. The van der Waals surface area contributed by atoms with E-state index < -0.39 is 11.6 Å². The van der Waals surface area contributed by atoms with Crippen LogP contribution in [0.25, 0.3) is 0 Å². The molecule has 3 nitrogen and oxygen atoms in total. The predicted octanol–water partition coefficient (Wildman–Crippen LogP) is 2.35. The summed E-state index contributed by atoms with van der Waals surface area (Å²) in [6.45, 7) is 2.78. The van der Waals surface area contributed by atoms with Gasteiger partial charge < -0.3 is 9.64 Å². The monoisotopic (exact) mass is 257 g/mol. The van der Waals surface area contributed by atoms with Crippen LogP contribution in [0.4, 0.5) is 8.78 Å². The fourth-order valence-corrected chi connectivity index (χ4v) is 1.56. The molecule has 5 heteroatoms.